The van der Waals surface area contributed by atoms with Crippen molar-refractivity contribution in [1.29, 1.82) is 0 Å². The molecule has 0 spiro atoms. The van der Waals surface area contributed by atoms with Gasteiger partial charge in [-0.15, -0.1) is 11.8 Å². The summed E-state index contributed by atoms with van der Waals surface area (Å²) in [5.74, 6) is 0. The van der Waals surface area contributed by atoms with Gasteiger partial charge in [-0.2, -0.15) is 0 Å². The Bertz CT molecular complexity index is 785. The number of thioether (sulfide) groups is 1. The van der Waals surface area contributed by atoms with Gasteiger partial charge in [0.1, 0.15) is 0 Å². The van der Waals surface area contributed by atoms with E-state index in [2.05, 4.69) is 11.9 Å². The highest BCUT2D eigenvalue weighted by Crippen LogP contribution is 2.32. The zero-order valence-electron chi connectivity index (χ0n) is 12.4. The molecule has 1 aromatic carbocycles. The number of aryl methyl sites for hydroxylation is 1. The molecule has 0 fully saturated rings. The Balaban J connectivity index is 2.44. The monoisotopic (exact) mass is 339 g/mol. The number of H-pyrrole nitrogens is 1. The number of aromatic nitrogens is 2. The molecule has 0 amide bonds. The van der Waals surface area contributed by atoms with Gasteiger partial charge >= 0.3 is 5.69 Å². The van der Waals surface area contributed by atoms with E-state index in [-0.39, 0.29) is 5.25 Å². The maximum atomic E-state index is 11.9. The number of benzene rings is 1. The zero-order chi connectivity index (χ0) is 16.3. The van der Waals surface area contributed by atoms with Crippen LogP contribution in [0.2, 0.25) is 5.02 Å². The van der Waals surface area contributed by atoms with Crippen LogP contribution in [0.25, 0.3) is 0 Å². The Morgan fingerprint density at radius 1 is 1.41 bits per heavy atom. The van der Waals surface area contributed by atoms with Crippen molar-refractivity contribution >= 4 is 23.4 Å². The minimum Gasteiger partial charge on any atom is -0.329 e. The van der Waals surface area contributed by atoms with Crippen LogP contribution in [0.15, 0.2) is 38.9 Å². The summed E-state index contributed by atoms with van der Waals surface area (Å²) in [6.45, 7) is 4.94. The van der Waals surface area contributed by atoms with E-state index in [9.17, 15) is 9.59 Å². The van der Waals surface area contributed by atoms with Gasteiger partial charge in [-0.25, -0.2) is 4.79 Å². The summed E-state index contributed by atoms with van der Waals surface area (Å²) in [5, 5.41) is 0.876. The molecule has 0 aliphatic rings. The molecule has 0 radical (unpaired) electrons. The van der Waals surface area contributed by atoms with Crippen LogP contribution >= 0.6 is 23.4 Å². The average Bonchev–Trinajstić information content (AvgIpc) is 2.45. The van der Waals surface area contributed by atoms with E-state index in [0.29, 0.717) is 18.1 Å². The molecule has 1 heterocycles. The lowest BCUT2D eigenvalue weighted by Gasteiger charge is -2.17. The van der Waals surface area contributed by atoms with Crippen LogP contribution in [0.4, 0.5) is 0 Å². The standard InChI is InChI=1S/C15H18ClN3O2S/c1-9-5-12(16)6-11(14(9)22-10(2)7-17)8-19-4-3-13(20)18-15(19)21/h3-6,10H,7-8,17H2,1-2H3,(H,18,20,21). The summed E-state index contributed by atoms with van der Waals surface area (Å²) in [6.07, 6.45) is 1.48. The third kappa shape index (κ3) is 4.03. The van der Waals surface area contributed by atoms with Gasteiger partial charge in [-0.3, -0.25) is 14.3 Å². The predicted octanol–water partition coefficient (Wildman–Crippen LogP) is 1.99. The summed E-state index contributed by atoms with van der Waals surface area (Å²) >= 11 is 7.81. The second kappa shape index (κ2) is 7.17. The normalized spacial score (nSPS) is 12.4. The molecule has 5 nitrogen and oxygen atoms in total. The zero-order valence-corrected chi connectivity index (χ0v) is 14.0. The lowest BCUT2D eigenvalue weighted by Crippen LogP contribution is -2.29. The van der Waals surface area contributed by atoms with Crippen molar-refractivity contribution in [2.45, 2.75) is 30.5 Å². The lowest BCUT2D eigenvalue weighted by atomic mass is 10.1. The van der Waals surface area contributed by atoms with Gasteiger partial charge in [0.2, 0.25) is 0 Å². The van der Waals surface area contributed by atoms with Crippen LogP contribution in [-0.2, 0) is 6.54 Å². The van der Waals surface area contributed by atoms with E-state index >= 15 is 0 Å². The van der Waals surface area contributed by atoms with Crippen molar-refractivity contribution in [1.82, 2.24) is 9.55 Å². The molecule has 0 bridgehead atoms. The van der Waals surface area contributed by atoms with Gasteiger partial charge in [0.15, 0.2) is 0 Å². The summed E-state index contributed by atoms with van der Waals surface area (Å²) in [4.78, 5) is 26.3. The van der Waals surface area contributed by atoms with Crippen molar-refractivity contribution in [3.63, 3.8) is 0 Å². The van der Waals surface area contributed by atoms with Crippen LogP contribution in [0.5, 0.6) is 0 Å². The van der Waals surface area contributed by atoms with Crippen molar-refractivity contribution in [2.24, 2.45) is 5.73 Å². The smallest absolute Gasteiger partial charge is 0.328 e. The van der Waals surface area contributed by atoms with Gasteiger partial charge in [0, 0.05) is 34.0 Å². The maximum Gasteiger partial charge on any atom is 0.328 e. The molecule has 1 unspecified atom stereocenters. The van der Waals surface area contributed by atoms with Crippen LogP contribution in [0.3, 0.4) is 0 Å². The molecule has 0 aliphatic carbocycles. The van der Waals surface area contributed by atoms with Crippen LogP contribution in [0.1, 0.15) is 18.1 Å². The highest BCUT2D eigenvalue weighted by atomic mass is 35.5. The Hall–Kier alpha value is -1.50. The molecule has 1 aromatic heterocycles. The third-order valence-corrected chi connectivity index (χ3v) is 4.84. The second-order valence-corrected chi connectivity index (χ2v) is 7.00. The lowest BCUT2D eigenvalue weighted by molar-refractivity contribution is 0.710. The molecular formula is C15H18ClN3O2S. The first kappa shape index (κ1) is 16.9. The van der Waals surface area contributed by atoms with E-state index < -0.39 is 11.2 Å². The minimum atomic E-state index is -0.437. The number of nitrogens with two attached hydrogens (primary N) is 1. The first-order valence-electron chi connectivity index (χ1n) is 6.86. The van der Waals surface area contributed by atoms with Crippen LogP contribution in [-0.4, -0.2) is 21.3 Å². The van der Waals surface area contributed by atoms with Gasteiger partial charge in [0.25, 0.3) is 5.56 Å². The van der Waals surface area contributed by atoms with Gasteiger partial charge in [-0.05, 0) is 30.2 Å². The number of rotatable bonds is 5. The molecule has 1 atom stereocenters. The number of nitrogens with one attached hydrogen (secondary N) is 1. The second-order valence-electron chi connectivity index (χ2n) is 5.11. The third-order valence-electron chi connectivity index (χ3n) is 3.20. The fraction of sp³-hybridized carbons (Fsp3) is 0.333. The first-order valence-corrected chi connectivity index (χ1v) is 8.12. The highest BCUT2D eigenvalue weighted by molar-refractivity contribution is 8.00. The number of hydrogen-bond acceptors (Lipinski definition) is 4. The highest BCUT2D eigenvalue weighted by Gasteiger charge is 2.13. The van der Waals surface area contributed by atoms with Crippen LogP contribution in [0, 0.1) is 6.92 Å². The van der Waals surface area contributed by atoms with E-state index in [0.717, 1.165) is 16.0 Å². The van der Waals surface area contributed by atoms with Crippen LogP contribution < -0.4 is 17.0 Å². The van der Waals surface area contributed by atoms with E-state index in [4.69, 9.17) is 17.3 Å². The van der Waals surface area contributed by atoms with Crippen molar-refractivity contribution in [3.8, 4) is 0 Å². The van der Waals surface area contributed by atoms with Gasteiger partial charge < -0.3 is 5.73 Å². The topological polar surface area (TPSA) is 80.9 Å². The van der Waals surface area contributed by atoms with E-state index in [1.165, 1.54) is 16.8 Å². The Labute approximate surface area is 137 Å². The molecule has 22 heavy (non-hydrogen) atoms. The van der Waals surface area contributed by atoms with E-state index in [1.54, 1.807) is 11.8 Å². The molecule has 0 aliphatic heterocycles. The van der Waals surface area contributed by atoms with E-state index in [1.807, 2.05) is 19.1 Å². The van der Waals surface area contributed by atoms with Crippen molar-refractivity contribution < 1.29 is 0 Å². The molecule has 2 aromatic rings. The minimum absolute atomic E-state index is 0.255. The Morgan fingerprint density at radius 2 is 2.14 bits per heavy atom. The fourth-order valence-corrected chi connectivity index (χ4v) is 3.40. The summed E-state index contributed by atoms with van der Waals surface area (Å²) in [5.41, 5.74) is 6.84. The number of hydrogen-bond donors (Lipinski definition) is 2. The quantitative estimate of drug-likeness (QED) is 0.816. The number of aromatic amines is 1. The maximum absolute atomic E-state index is 11.9. The SMILES string of the molecule is Cc1cc(Cl)cc(Cn2ccc(=O)[nH]c2=O)c1SC(C)CN. The summed E-state index contributed by atoms with van der Waals surface area (Å²) in [6, 6.07) is 5.07. The molecule has 118 valence electrons. The first-order chi connectivity index (χ1) is 10.4. The molecule has 2 rings (SSSR count). The fourth-order valence-electron chi connectivity index (χ4n) is 2.09. The number of nitrogens with zero attached hydrogens (tertiary/aromatic N) is 1. The largest absolute Gasteiger partial charge is 0.329 e. The van der Waals surface area contributed by atoms with Crippen molar-refractivity contribution in [2.75, 3.05) is 6.54 Å². The molecule has 0 saturated carbocycles. The summed E-state index contributed by atoms with van der Waals surface area (Å²) < 4.78 is 1.45. The van der Waals surface area contributed by atoms with Gasteiger partial charge in [-0.1, -0.05) is 18.5 Å². The Kier molecular flexibility index (Phi) is 5.50. The Morgan fingerprint density at radius 3 is 2.77 bits per heavy atom. The van der Waals surface area contributed by atoms with Gasteiger partial charge in [0.05, 0.1) is 6.54 Å². The molecule has 3 N–H and O–H groups in total. The molecule has 7 heteroatoms. The average molecular weight is 340 g/mol. The summed E-state index contributed by atoms with van der Waals surface area (Å²) in [7, 11) is 0. The van der Waals surface area contributed by atoms with Crippen molar-refractivity contribution in [3.05, 3.63) is 61.4 Å². The number of halogens is 1. The predicted molar refractivity (Wildman–Crippen MR) is 91.0 cm³/mol. The molecule has 0 saturated heterocycles. The molecular weight excluding hydrogens is 322 g/mol.